The summed E-state index contributed by atoms with van der Waals surface area (Å²) in [7, 11) is 0. The van der Waals surface area contributed by atoms with Gasteiger partial charge in [0.25, 0.3) is 0 Å². The minimum Gasteiger partial charge on any atom is -0.385 e. The lowest BCUT2D eigenvalue weighted by atomic mass is 9.70. The van der Waals surface area contributed by atoms with Crippen LogP contribution in [0.1, 0.15) is 44.6 Å². The highest BCUT2D eigenvalue weighted by molar-refractivity contribution is 9.10. The van der Waals surface area contributed by atoms with Crippen LogP contribution in [0.15, 0.2) is 16.6 Å². The third-order valence-electron chi connectivity index (χ3n) is 4.01. The Labute approximate surface area is 114 Å². The molecule has 0 spiro atoms. The summed E-state index contributed by atoms with van der Waals surface area (Å²) in [5.74, 6) is -1.40. The van der Waals surface area contributed by atoms with E-state index in [1.807, 2.05) is 6.92 Å². The molecule has 1 aromatic rings. The van der Waals surface area contributed by atoms with E-state index in [0.29, 0.717) is 6.42 Å². The third kappa shape index (κ3) is 2.21. The van der Waals surface area contributed by atoms with Crippen molar-refractivity contribution < 1.29 is 13.9 Å². The standard InChI is InChI=1S/C14H17BrF2O/c1-2-9-5-3-4-8-14(9,18)12-11(16)7-6-10(15)13(12)17/h6-7,9,18H,2-5,8H2,1H3. The molecule has 0 bridgehead atoms. The number of benzene rings is 1. The summed E-state index contributed by atoms with van der Waals surface area (Å²) < 4.78 is 28.3. The number of rotatable bonds is 2. The summed E-state index contributed by atoms with van der Waals surface area (Å²) in [6.45, 7) is 1.95. The summed E-state index contributed by atoms with van der Waals surface area (Å²) in [6, 6.07) is 2.54. The summed E-state index contributed by atoms with van der Waals surface area (Å²) in [6.07, 6.45) is 3.78. The number of aliphatic hydroxyl groups is 1. The van der Waals surface area contributed by atoms with Gasteiger partial charge in [-0.25, -0.2) is 8.78 Å². The molecule has 0 radical (unpaired) electrons. The normalized spacial score (nSPS) is 28.4. The van der Waals surface area contributed by atoms with E-state index in [2.05, 4.69) is 15.9 Å². The van der Waals surface area contributed by atoms with Gasteiger partial charge in [-0.3, -0.25) is 0 Å². The van der Waals surface area contributed by atoms with Crippen molar-refractivity contribution >= 4 is 15.9 Å². The largest absolute Gasteiger partial charge is 0.385 e. The van der Waals surface area contributed by atoms with Crippen molar-refractivity contribution in [2.24, 2.45) is 5.92 Å². The van der Waals surface area contributed by atoms with Crippen LogP contribution in [-0.2, 0) is 5.60 Å². The van der Waals surface area contributed by atoms with Crippen LogP contribution in [0.3, 0.4) is 0 Å². The fraction of sp³-hybridized carbons (Fsp3) is 0.571. The molecule has 0 heterocycles. The molecule has 1 fully saturated rings. The molecule has 1 aromatic carbocycles. The Bertz CT molecular complexity index is 450. The lowest BCUT2D eigenvalue weighted by Gasteiger charge is -2.40. The monoisotopic (exact) mass is 318 g/mol. The van der Waals surface area contributed by atoms with Crippen LogP contribution in [-0.4, -0.2) is 5.11 Å². The molecule has 1 nitrogen and oxygen atoms in total. The smallest absolute Gasteiger partial charge is 0.146 e. The molecule has 0 saturated heterocycles. The Morgan fingerprint density at radius 1 is 1.39 bits per heavy atom. The molecule has 2 atom stereocenters. The molecule has 2 rings (SSSR count). The molecule has 4 heteroatoms. The zero-order valence-electron chi connectivity index (χ0n) is 10.3. The van der Waals surface area contributed by atoms with Gasteiger partial charge in [-0.2, -0.15) is 0 Å². The van der Waals surface area contributed by atoms with Gasteiger partial charge in [-0.1, -0.05) is 26.2 Å². The second-order valence-electron chi connectivity index (χ2n) is 4.99. The highest BCUT2D eigenvalue weighted by Crippen LogP contribution is 2.45. The average molecular weight is 319 g/mol. The molecule has 100 valence electrons. The fourth-order valence-electron chi connectivity index (χ4n) is 3.02. The van der Waals surface area contributed by atoms with Gasteiger partial charge in [0.15, 0.2) is 0 Å². The quantitative estimate of drug-likeness (QED) is 0.795. The minimum atomic E-state index is -1.37. The van der Waals surface area contributed by atoms with Gasteiger partial charge in [0.05, 0.1) is 15.6 Å². The summed E-state index contributed by atoms with van der Waals surface area (Å²) in [5.41, 5.74) is -1.53. The van der Waals surface area contributed by atoms with Gasteiger partial charge in [0.1, 0.15) is 11.6 Å². The van der Waals surface area contributed by atoms with Gasteiger partial charge in [-0.05, 0) is 46.8 Å². The first-order valence-electron chi connectivity index (χ1n) is 6.37. The van der Waals surface area contributed by atoms with Crippen LogP contribution in [0.5, 0.6) is 0 Å². The zero-order valence-corrected chi connectivity index (χ0v) is 11.9. The molecule has 0 amide bonds. The summed E-state index contributed by atoms with van der Waals surface area (Å²) in [5, 5.41) is 10.8. The van der Waals surface area contributed by atoms with Crippen LogP contribution >= 0.6 is 15.9 Å². The highest BCUT2D eigenvalue weighted by atomic mass is 79.9. The fourth-order valence-corrected chi connectivity index (χ4v) is 3.35. The number of hydrogen-bond acceptors (Lipinski definition) is 1. The molecule has 1 aliphatic carbocycles. The minimum absolute atomic E-state index is 0.0791. The van der Waals surface area contributed by atoms with Crippen molar-refractivity contribution in [3.63, 3.8) is 0 Å². The van der Waals surface area contributed by atoms with Gasteiger partial charge < -0.3 is 5.11 Å². The lowest BCUT2D eigenvalue weighted by Crippen LogP contribution is -2.39. The van der Waals surface area contributed by atoms with Crippen molar-refractivity contribution in [1.29, 1.82) is 0 Å². The van der Waals surface area contributed by atoms with Crippen LogP contribution < -0.4 is 0 Å². The maximum atomic E-state index is 14.2. The molecule has 18 heavy (non-hydrogen) atoms. The molecule has 0 aromatic heterocycles. The molecule has 1 N–H and O–H groups in total. The Morgan fingerprint density at radius 3 is 2.78 bits per heavy atom. The Balaban J connectivity index is 2.54. The molecule has 1 aliphatic rings. The van der Waals surface area contributed by atoms with Gasteiger partial charge >= 0.3 is 0 Å². The van der Waals surface area contributed by atoms with Crippen molar-refractivity contribution in [3.8, 4) is 0 Å². The van der Waals surface area contributed by atoms with Gasteiger partial charge in [0, 0.05) is 0 Å². The van der Waals surface area contributed by atoms with Crippen molar-refractivity contribution in [1.82, 2.24) is 0 Å². The summed E-state index contributed by atoms with van der Waals surface area (Å²) >= 11 is 3.06. The van der Waals surface area contributed by atoms with Crippen molar-refractivity contribution in [2.75, 3.05) is 0 Å². The lowest BCUT2D eigenvalue weighted by molar-refractivity contribution is -0.0611. The van der Waals surface area contributed by atoms with E-state index >= 15 is 0 Å². The zero-order chi connectivity index (χ0) is 13.3. The van der Waals surface area contributed by atoms with E-state index in [-0.39, 0.29) is 16.0 Å². The van der Waals surface area contributed by atoms with E-state index < -0.39 is 17.2 Å². The van der Waals surface area contributed by atoms with Crippen molar-refractivity contribution in [2.45, 2.75) is 44.6 Å². The maximum Gasteiger partial charge on any atom is 0.146 e. The Morgan fingerprint density at radius 2 is 2.11 bits per heavy atom. The number of hydrogen-bond donors (Lipinski definition) is 1. The van der Waals surface area contributed by atoms with Crippen LogP contribution in [0.4, 0.5) is 8.78 Å². The topological polar surface area (TPSA) is 20.2 Å². The summed E-state index contributed by atoms with van der Waals surface area (Å²) in [4.78, 5) is 0. The first-order valence-corrected chi connectivity index (χ1v) is 7.16. The molecule has 1 saturated carbocycles. The van der Waals surface area contributed by atoms with E-state index in [4.69, 9.17) is 0 Å². The molecule has 2 unspecified atom stereocenters. The van der Waals surface area contributed by atoms with Gasteiger partial charge in [-0.15, -0.1) is 0 Å². The van der Waals surface area contributed by atoms with Crippen molar-refractivity contribution in [3.05, 3.63) is 33.8 Å². The SMILES string of the molecule is CCC1CCCCC1(O)c1c(F)ccc(Br)c1F. The predicted octanol–water partition coefficient (Wildman–Crippen LogP) is 4.52. The third-order valence-corrected chi connectivity index (χ3v) is 4.62. The number of halogens is 3. The second-order valence-corrected chi connectivity index (χ2v) is 5.85. The molecular weight excluding hydrogens is 302 g/mol. The highest BCUT2D eigenvalue weighted by Gasteiger charge is 2.43. The first kappa shape index (κ1) is 13.9. The van der Waals surface area contributed by atoms with Gasteiger partial charge in [0.2, 0.25) is 0 Å². The maximum absolute atomic E-state index is 14.2. The molecule has 0 aliphatic heterocycles. The average Bonchev–Trinajstić information content (AvgIpc) is 2.35. The van der Waals surface area contributed by atoms with Crippen LogP contribution in [0, 0.1) is 17.6 Å². The van der Waals surface area contributed by atoms with Crippen LogP contribution in [0.2, 0.25) is 0 Å². The van der Waals surface area contributed by atoms with Crippen LogP contribution in [0.25, 0.3) is 0 Å². The first-order chi connectivity index (χ1) is 8.50. The predicted molar refractivity (Wildman–Crippen MR) is 70.2 cm³/mol. The van der Waals surface area contributed by atoms with E-state index in [1.54, 1.807) is 0 Å². The van der Waals surface area contributed by atoms with E-state index in [0.717, 1.165) is 25.7 Å². The van der Waals surface area contributed by atoms with E-state index in [9.17, 15) is 13.9 Å². The Hall–Kier alpha value is -0.480. The second kappa shape index (κ2) is 5.25. The molecular formula is C14H17BrF2O. The van der Waals surface area contributed by atoms with E-state index in [1.165, 1.54) is 12.1 Å². The Kier molecular flexibility index (Phi) is 4.07.